The number of carbonyl (C=O) groups excluding carboxylic acids is 2. The number of alkyl halides is 3. The number of fused-ring (bicyclic) bond motifs is 1. The second kappa shape index (κ2) is 9.47. The molecule has 1 aliphatic heterocycles. The zero-order chi connectivity index (χ0) is 25.2. The van der Waals surface area contributed by atoms with Crippen LogP contribution in [0.15, 0.2) is 53.9 Å². The molecule has 34 heavy (non-hydrogen) atoms. The van der Waals surface area contributed by atoms with Crippen LogP contribution in [0.5, 0.6) is 0 Å². The highest BCUT2D eigenvalue weighted by atomic mass is 19.4. The Morgan fingerprint density at radius 2 is 1.62 bits per heavy atom. The van der Waals surface area contributed by atoms with E-state index in [2.05, 4.69) is 5.32 Å². The topological polar surface area (TPSA) is 79.7 Å². The van der Waals surface area contributed by atoms with Gasteiger partial charge in [-0.1, -0.05) is 12.1 Å². The largest absolute Gasteiger partial charge is 0.416 e. The highest BCUT2D eigenvalue weighted by Crippen LogP contribution is 2.40. The first-order valence-corrected chi connectivity index (χ1v) is 10.4. The normalized spacial score (nSPS) is 12.8. The molecule has 0 atom stereocenters. The third-order valence-electron chi connectivity index (χ3n) is 5.51. The van der Waals surface area contributed by atoms with Crippen molar-refractivity contribution in [2.45, 2.75) is 19.0 Å². The van der Waals surface area contributed by atoms with Crippen molar-refractivity contribution in [3.05, 3.63) is 59.4 Å². The van der Waals surface area contributed by atoms with Gasteiger partial charge in [-0.2, -0.15) is 18.4 Å². The minimum atomic E-state index is -4.56. The zero-order valence-electron chi connectivity index (χ0n) is 19.2. The Bertz CT molecular complexity index is 1170. The van der Waals surface area contributed by atoms with E-state index in [1.807, 2.05) is 30.3 Å². The number of amides is 1. The SMILES string of the molecule is CN(C)c1ccc(C(F)(F)F)cc1NC(=O)CCC(=O)C(C#N)=C1N(C)c2ccccc2N1C. The summed E-state index contributed by atoms with van der Waals surface area (Å²) >= 11 is 0. The van der Waals surface area contributed by atoms with Crippen LogP contribution in [0, 0.1) is 11.3 Å². The van der Waals surface area contributed by atoms with Gasteiger partial charge in [-0.25, -0.2) is 0 Å². The first-order valence-electron chi connectivity index (χ1n) is 10.4. The summed E-state index contributed by atoms with van der Waals surface area (Å²) in [4.78, 5) is 30.4. The van der Waals surface area contributed by atoms with E-state index >= 15 is 0 Å². The number of nitrogens with one attached hydrogen (secondary N) is 1. The third-order valence-corrected chi connectivity index (χ3v) is 5.51. The van der Waals surface area contributed by atoms with E-state index in [-0.39, 0.29) is 24.1 Å². The van der Waals surface area contributed by atoms with Crippen LogP contribution in [0.2, 0.25) is 0 Å². The number of ketones is 1. The van der Waals surface area contributed by atoms with Crippen LogP contribution in [-0.2, 0) is 15.8 Å². The van der Waals surface area contributed by atoms with Crippen LogP contribution >= 0.6 is 0 Å². The van der Waals surface area contributed by atoms with Crippen molar-refractivity contribution in [2.24, 2.45) is 0 Å². The number of rotatable bonds is 6. The second-order valence-corrected chi connectivity index (χ2v) is 8.01. The number of halogens is 3. The van der Waals surface area contributed by atoms with Crippen LogP contribution in [0.1, 0.15) is 18.4 Å². The number of allylic oxidation sites excluding steroid dienone is 1. The first kappa shape index (κ1) is 24.6. The van der Waals surface area contributed by atoms with Gasteiger partial charge < -0.3 is 20.0 Å². The van der Waals surface area contributed by atoms with E-state index in [0.717, 1.165) is 23.5 Å². The number of anilines is 4. The minimum Gasteiger partial charge on any atom is -0.376 e. The lowest BCUT2D eigenvalue weighted by Gasteiger charge is -2.20. The standard InChI is InChI=1S/C24H24F3N5O2/c1-30(2)18-10-9-15(24(25,26)27)13-17(18)29-22(34)12-11-21(33)16(14-28)23-31(3)19-7-5-6-8-20(19)32(23)4/h5-10,13H,11-12H2,1-4H3,(H,29,34). The lowest BCUT2D eigenvalue weighted by Crippen LogP contribution is -2.26. The molecule has 0 aliphatic carbocycles. The quantitative estimate of drug-likeness (QED) is 0.498. The van der Waals surface area contributed by atoms with Crippen molar-refractivity contribution >= 4 is 34.4 Å². The summed E-state index contributed by atoms with van der Waals surface area (Å²) in [7, 11) is 6.76. The summed E-state index contributed by atoms with van der Waals surface area (Å²) in [6, 6.07) is 12.4. The number of para-hydroxylation sites is 2. The summed E-state index contributed by atoms with van der Waals surface area (Å²) < 4.78 is 39.3. The Labute approximate surface area is 195 Å². The summed E-state index contributed by atoms with van der Waals surface area (Å²) in [6.07, 6.45) is -5.13. The number of carbonyl (C=O) groups is 2. The van der Waals surface area contributed by atoms with Gasteiger partial charge in [0.1, 0.15) is 17.5 Å². The van der Waals surface area contributed by atoms with E-state index in [0.29, 0.717) is 11.5 Å². The van der Waals surface area contributed by atoms with E-state index < -0.39 is 23.4 Å². The first-order chi connectivity index (χ1) is 16.0. The molecule has 0 aromatic heterocycles. The van der Waals surface area contributed by atoms with Gasteiger partial charge in [-0.3, -0.25) is 9.59 Å². The summed E-state index contributed by atoms with van der Waals surface area (Å²) in [5, 5.41) is 12.1. The smallest absolute Gasteiger partial charge is 0.376 e. The van der Waals surface area contributed by atoms with Crippen molar-refractivity contribution in [2.75, 3.05) is 48.2 Å². The monoisotopic (exact) mass is 471 g/mol. The molecular weight excluding hydrogens is 447 g/mol. The van der Waals surface area contributed by atoms with Gasteiger partial charge in [0.05, 0.1) is 28.3 Å². The van der Waals surface area contributed by atoms with Gasteiger partial charge in [0.25, 0.3) is 0 Å². The van der Waals surface area contributed by atoms with Gasteiger partial charge in [-0.15, -0.1) is 0 Å². The molecule has 2 aromatic rings. The number of hydrogen-bond acceptors (Lipinski definition) is 6. The van der Waals surface area contributed by atoms with Gasteiger partial charge in [-0.05, 0) is 30.3 Å². The number of nitrogens with zero attached hydrogens (tertiary/aromatic N) is 4. The summed E-state index contributed by atoms with van der Waals surface area (Å²) in [6.45, 7) is 0. The predicted octanol–water partition coefficient (Wildman–Crippen LogP) is 4.38. The lowest BCUT2D eigenvalue weighted by molar-refractivity contribution is -0.137. The third kappa shape index (κ3) is 4.83. The van der Waals surface area contributed by atoms with Crippen molar-refractivity contribution in [3.8, 4) is 6.07 Å². The molecule has 1 amide bonds. The van der Waals surface area contributed by atoms with E-state index in [9.17, 15) is 28.0 Å². The predicted molar refractivity (Wildman–Crippen MR) is 125 cm³/mol. The molecule has 0 radical (unpaired) electrons. The number of benzene rings is 2. The lowest BCUT2D eigenvalue weighted by atomic mass is 10.1. The Morgan fingerprint density at radius 3 is 2.12 bits per heavy atom. The molecule has 0 unspecified atom stereocenters. The maximum atomic E-state index is 13.1. The maximum Gasteiger partial charge on any atom is 0.416 e. The minimum absolute atomic E-state index is 0.0122. The van der Waals surface area contributed by atoms with Crippen LogP contribution in [0.25, 0.3) is 0 Å². The van der Waals surface area contributed by atoms with Gasteiger partial charge >= 0.3 is 6.18 Å². The van der Waals surface area contributed by atoms with Gasteiger partial charge in [0.15, 0.2) is 5.78 Å². The second-order valence-electron chi connectivity index (χ2n) is 8.01. The highest BCUT2D eigenvalue weighted by molar-refractivity contribution is 6.05. The van der Waals surface area contributed by atoms with Crippen LogP contribution in [-0.4, -0.2) is 39.9 Å². The molecular formula is C24H24F3N5O2. The van der Waals surface area contributed by atoms with Crippen molar-refractivity contribution in [1.29, 1.82) is 5.26 Å². The average Bonchev–Trinajstić information content (AvgIpc) is 3.03. The van der Waals surface area contributed by atoms with Crippen molar-refractivity contribution < 1.29 is 22.8 Å². The fourth-order valence-corrected chi connectivity index (χ4v) is 3.82. The summed E-state index contributed by atoms with van der Waals surface area (Å²) in [5.41, 5.74) is 1.05. The molecule has 0 saturated carbocycles. The molecule has 1 aliphatic rings. The Kier molecular flexibility index (Phi) is 6.86. The highest BCUT2D eigenvalue weighted by Gasteiger charge is 2.32. The molecule has 0 saturated heterocycles. The van der Waals surface area contributed by atoms with E-state index in [4.69, 9.17) is 0 Å². The fourth-order valence-electron chi connectivity index (χ4n) is 3.82. The molecule has 0 fully saturated rings. The number of hydrogen-bond donors (Lipinski definition) is 1. The molecule has 0 spiro atoms. The molecule has 10 heteroatoms. The molecule has 3 rings (SSSR count). The zero-order valence-corrected chi connectivity index (χ0v) is 19.2. The van der Waals surface area contributed by atoms with Crippen LogP contribution in [0.4, 0.5) is 35.9 Å². The Morgan fingerprint density at radius 1 is 1.03 bits per heavy atom. The molecule has 1 N–H and O–H groups in total. The van der Waals surface area contributed by atoms with Crippen LogP contribution < -0.4 is 20.0 Å². The average molecular weight is 471 g/mol. The van der Waals surface area contributed by atoms with Gasteiger partial charge in [0, 0.05) is 41.0 Å². The maximum absolute atomic E-state index is 13.1. The van der Waals surface area contributed by atoms with E-state index in [1.54, 1.807) is 42.9 Å². The Hall–Kier alpha value is -4.00. The number of nitriles is 1. The van der Waals surface area contributed by atoms with Crippen molar-refractivity contribution in [1.82, 2.24) is 0 Å². The Balaban J connectivity index is 1.76. The van der Waals surface area contributed by atoms with E-state index in [1.165, 1.54) is 6.07 Å². The van der Waals surface area contributed by atoms with Crippen LogP contribution in [0.3, 0.4) is 0 Å². The molecule has 0 bridgehead atoms. The fraction of sp³-hybridized carbons (Fsp3) is 0.292. The number of Topliss-reactive ketones (excluding diaryl/α,β-unsaturated/α-hetero) is 1. The van der Waals surface area contributed by atoms with Gasteiger partial charge in [0.2, 0.25) is 5.91 Å². The molecule has 7 nitrogen and oxygen atoms in total. The molecule has 2 aromatic carbocycles. The van der Waals surface area contributed by atoms with Crippen molar-refractivity contribution in [3.63, 3.8) is 0 Å². The summed E-state index contributed by atoms with van der Waals surface area (Å²) in [5.74, 6) is -0.757. The molecule has 1 heterocycles. The molecule has 178 valence electrons.